The van der Waals surface area contributed by atoms with Crippen LogP contribution in [0.3, 0.4) is 0 Å². The van der Waals surface area contributed by atoms with Gasteiger partial charge >= 0.3 is 0 Å². The predicted octanol–water partition coefficient (Wildman–Crippen LogP) is 2.30. The Bertz CT molecular complexity index is 996. The zero-order chi connectivity index (χ0) is 18.7. The number of anilines is 2. The average Bonchev–Trinajstić information content (AvgIpc) is 2.80. The highest BCUT2D eigenvalue weighted by Gasteiger charge is 2.30. The summed E-state index contributed by atoms with van der Waals surface area (Å²) in [6, 6.07) is 13.1. The minimum Gasteiger partial charge on any atom is -0.497 e. The molecule has 0 spiro atoms. The first-order chi connectivity index (χ1) is 12.5. The van der Waals surface area contributed by atoms with Crippen LogP contribution >= 0.6 is 0 Å². The number of ether oxygens (including phenoxy) is 1. The molecule has 0 atom stereocenters. The van der Waals surface area contributed by atoms with E-state index in [1.165, 1.54) is 23.5 Å². The van der Waals surface area contributed by atoms with Crippen LogP contribution in [0.25, 0.3) is 0 Å². The summed E-state index contributed by atoms with van der Waals surface area (Å²) in [5.41, 5.74) is 1.37. The first-order valence-electron chi connectivity index (χ1n) is 7.92. The lowest BCUT2D eigenvalue weighted by atomic mass is 10.2. The second kappa shape index (κ2) is 7.06. The maximum Gasteiger partial charge on any atom is 0.264 e. The van der Waals surface area contributed by atoms with E-state index in [1.54, 1.807) is 30.3 Å². The smallest absolute Gasteiger partial charge is 0.264 e. The van der Waals surface area contributed by atoms with E-state index in [0.717, 1.165) is 0 Å². The number of hydrogen-bond donors (Lipinski definition) is 1. The van der Waals surface area contributed by atoms with Crippen LogP contribution < -0.4 is 14.4 Å². The lowest BCUT2D eigenvalue weighted by molar-refractivity contribution is -0.115. The normalized spacial score (nSPS) is 14.0. The minimum absolute atomic E-state index is 0.0107. The maximum absolute atomic E-state index is 13.2. The Morgan fingerprint density at radius 1 is 1.27 bits per heavy atom. The number of hydrogen-bond acceptors (Lipinski definition) is 5. The minimum atomic E-state index is -3.91. The van der Waals surface area contributed by atoms with Crippen molar-refractivity contribution in [2.24, 2.45) is 0 Å². The number of carbonyl (C=O) groups is 1. The molecule has 7 nitrogen and oxygen atoms in total. The molecule has 1 aliphatic heterocycles. The van der Waals surface area contributed by atoms with Gasteiger partial charge in [-0.15, -0.1) is 0 Å². The van der Waals surface area contributed by atoms with Crippen LogP contribution in [0.4, 0.5) is 11.4 Å². The van der Waals surface area contributed by atoms with Crippen LogP contribution in [0.5, 0.6) is 5.75 Å². The van der Waals surface area contributed by atoms with Crippen molar-refractivity contribution in [2.45, 2.75) is 17.7 Å². The lowest BCUT2D eigenvalue weighted by Crippen LogP contribution is -2.32. The Hall–Kier alpha value is -3.05. The second-order valence-corrected chi connectivity index (χ2v) is 7.60. The highest BCUT2D eigenvalue weighted by Crippen LogP contribution is 2.36. The van der Waals surface area contributed by atoms with Crippen LogP contribution in [0.1, 0.15) is 12.0 Å². The standard InChI is InChI=1S/C18H17N3O4S/c1-25-14-5-6-16-17(12-14)21(10-8-18(22)20-16)26(23,24)15-4-2-3-13(11-15)7-9-19/h2-6,11-12H,7-8,10H2,1H3,(H,20,22). The Labute approximate surface area is 151 Å². The van der Waals surface area contributed by atoms with Gasteiger partial charge in [0.1, 0.15) is 5.75 Å². The molecular formula is C18H17N3O4S. The van der Waals surface area contributed by atoms with Gasteiger partial charge < -0.3 is 10.1 Å². The third kappa shape index (κ3) is 3.34. The van der Waals surface area contributed by atoms with Crippen LogP contribution in [0.2, 0.25) is 0 Å². The van der Waals surface area contributed by atoms with Crippen LogP contribution in [0.15, 0.2) is 47.4 Å². The van der Waals surface area contributed by atoms with E-state index in [9.17, 15) is 13.2 Å². The molecule has 8 heteroatoms. The van der Waals surface area contributed by atoms with Crippen molar-refractivity contribution >= 4 is 27.3 Å². The average molecular weight is 371 g/mol. The van der Waals surface area contributed by atoms with E-state index in [2.05, 4.69) is 5.32 Å². The zero-order valence-corrected chi connectivity index (χ0v) is 14.9. The molecule has 1 heterocycles. The summed E-state index contributed by atoms with van der Waals surface area (Å²) in [5, 5.41) is 11.6. The summed E-state index contributed by atoms with van der Waals surface area (Å²) in [7, 11) is -2.42. The van der Waals surface area contributed by atoms with Gasteiger partial charge in [0.05, 0.1) is 35.9 Å². The predicted molar refractivity (Wildman–Crippen MR) is 96.5 cm³/mol. The number of fused-ring (bicyclic) bond motifs is 1. The monoisotopic (exact) mass is 371 g/mol. The van der Waals surface area contributed by atoms with Crippen LogP contribution in [0, 0.1) is 11.3 Å². The highest BCUT2D eigenvalue weighted by molar-refractivity contribution is 7.92. The fourth-order valence-electron chi connectivity index (χ4n) is 2.77. The van der Waals surface area contributed by atoms with Crippen molar-refractivity contribution in [1.82, 2.24) is 0 Å². The molecule has 0 saturated heterocycles. The van der Waals surface area contributed by atoms with Gasteiger partial charge in [-0.05, 0) is 29.8 Å². The molecule has 1 amide bonds. The van der Waals surface area contributed by atoms with E-state index >= 15 is 0 Å². The number of nitrogens with zero attached hydrogens (tertiary/aromatic N) is 2. The molecule has 1 aliphatic rings. The number of methoxy groups -OCH3 is 1. The fourth-order valence-corrected chi connectivity index (χ4v) is 4.32. The number of carbonyl (C=O) groups excluding carboxylic acids is 1. The molecule has 0 fully saturated rings. The van der Waals surface area contributed by atoms with E-state index < -0.39 is 10.0 Å². The highest BCUT2D eigenvalue weighted by atomic mass is 32.2. The zero-order valence-electron chi connectivity index (χ0n) is 14.1. The summed E-state index contributed by atoms with van der Waals surface area (Å²) in [5.74, 6) is 0.227. The van der Waals surface area contributed by atoms with Gasteiger partial charge in [0.25, 0.3) is 10.0 Å². The summed E-state index contributed by atoms with van der Waals surface area (Å²) < 4.78 is 32.9. The molecule has 2 aromatic rings. The number of nitriles is 1. The van der Waals surface area contributed by atoms with Crippen LogP contribution in [-0.4, -0.2) is 28.0 Å². The third-order valence-corrected chi connectivity index (χ3v) is 5.87. The molecule has 26 heavy (non-hydrogen) atoms. The van der Waals surface area contributed by atoms with Crippen molar-refractivity contribution in [2.75, 3.05) is 23.3 Å². The molecule has 0 saturated carbocycles. The summed E-state index contributed by atoms with van der Waals surface area (Å²) in [4.78, 5) is 12.0. The van der Waals surface area contributed by atoms with Crippen molar-refractivity contribution in [3.63, 3.8) is 0 Å². The maximum atomic E-state index is 13.2. The third-order valence-electron chi connectivity index (χ3n) is 4.06. The summed E-state index contributed by atoms with van der Waals surface area (Å²) >= 11 is 0. The number of benzene rings is 2. The van der Waals surface area contributed by atoms with Gasteiger partial charge in [-0.3, -0.25) is 9.10 Å². The molecule has 3 rings (SSSR count). The van der Waals surface area contributed by atoms with Gasteiger partial charge in [-0.25, -0.2) is 8.42 Å². The largest absolute Gasteiger partial charge is 0.497 e. The Morgan fingerprint density at radius 3 is 2.81 bits per heavy atom. The first-order valence-corrected chi connectivity index (χ1v) is 9.36. The van der Waals surface area contributed by atoms with Gasteiger partial charge in [0.15, 0.2) is 0 Å². The Balaban J connectivity index is 2.12. The van der Waals surface area contributed by atoms with Gasteiger partial charge in [0, 0.05) is 19.0 Å². The molecule has 0 aromatic heterocycles. The second-order valence-electron chi connectivity index (χ2n) is 5.74. The summed E-state index contributed by atoms with van der Waals surface area (Å²) in [6.45, 7) is 0.0107. The van der Waals surface area contributed by atoms with Crippen molar-refractivity contribution < 1.29 is 17.9 Å². The molecule has 1 N–H and O–H groups in total. The Morgan fingerprint density at radius 2 is 2.08 bits per heavy atom. The number of rotatable bonds is 4. The molecule has 2 aromatic carbocycles. The van der Waals surface area contributed by atoms with Crippen LogP contribution in [-0.2, 0) is 21.2 Å². The van der Waals surface area contributed by atoms with Crippen molar-refractivity contribution in [3.05, 3.63) is 48.0 Å². The number of nitrogens with one attached hydrogen (secondary N) is 1. The van der Waals surface area contributed by atoms with Gasteiger partial charge in [-0.2, -0.15) is 5.26 Å². The molecule has 0 unspecified atom stereocenters. The molecule has 0 radical (unpaired) electrons. The van der Waals surface area contributed by atoms with E-state index in [4.69, 9.17) is 10.00 Å². The van der Waals surface area contributed by atoms with Gasteiger partial charge in [-0.1, -0.05) is 12.1 Å². The van der Waals surface area contributed by atoms with E-state index in [0.29, 0.717) is 22.7 Å². The van der Waals surface area contributed by atoms with E-state index in [-0.39, 0.29) is 30.2 Å². The molecule has 0 bridgehead atoms. The quantitative estimate of drug-likeness (QED) is 0.889. The van der Waals surface area contributed by atoms with E-state index in [1.807, 2.05) is 6.07 Å². The SMILES string of the molecule is COc1ccc2c(c1)N(S(=O)(=O)c1cccc(CC#N)c1)CCC(=O)N2. The Kier molecular flexibility index (Phi) is 4.82. The topological polar surface area (TPSA) is 99.5 Å². The molecule has 134 valence electrons. The van der Waals surface area contributed by atoms with Crippen molar-refractivity contribution in [3.8, 4) is 11.8 Å². The number of sulfonamides is 1. The molecule has 0 aliphatic carbocycles. The van der Waals surface area contributed by atoms with Crippen molar-refractivity contribution in [1.29, 1.82) is 5.26 Å². The molecular weight excluding hydrogens is 354 g/mol. The summed E-state index contributed by atoms with van der Waals surface area (Å²) in [6.07, 6.45) is 0.155. The number of amides is 1. The first kappa shape index (κ1) is 17.8. The fraction of sp³-hybridized carbons (Fsp3) is 0.222. The van der Waals surface area contributed by atoms with Gasteiger partial charge in [0.2, 0.25) is 5.91 Å². The lowest BCUT2D eigenvalue weighted by Gasteiger charge is -2.24.